The molecule has 1 aromatic heterocycles. The minimum absolute atomic E-state index is 0.568. The van der Waals surface area contributed by atoms with E-state index in [1.807, 2.05) is 49.5 Å². The molecule has 0 atom stereocenters. The highest BCUT2D eigenvalue weighted by Crippen LogP contribution is 2.21. The number of fused-ring (bicyclic) bond motifs is 1. The van der Waals surface area contributed by atoms with Gasteiger partial charge in [0.15, 0.2) is 0 Å². The largest absolute Gasteiger partial charge is 0.489 e. The van der Waals surface area contributed by atoms with E-state index in [2.05, 4.69) is 28.5 Å². The number of ether oxygens (including phenoxy) is 1. The normalized spacial score (nSPS) is 10.4. The van der Waals surface area contributed by atoms with Crippen molar-refractivity contribution in [3.8, 4) is 5.75 Å². The van der Waals surface area contributed by atoms with E-state index < -0.39 is 0 Å². The van der Waals surface area contributed by atoms with E-state index in [9.17, 15) is 0 Å². The molecule has 3 nitrogen and oxygen atoms in total. The summed E-state index contributed by atoms with van der Waals surface area (Å²) in [6, 6.07) is 20.1. The van der Waals surface area contributed by atoms with Crippen molar-refractivity contribution in [2.45, 2.75) is 6.61 Å². The zero-order valence-corrected chi connectivity index (χ0v) is 11.3. The molecule has 0 amide bonds. The number of benzene rings is 2. The average molecular weight is 264 g/mol. The van der Waals surface area contributed by atoms with Gasteiger partial charge in [0.25, 0.3) is 0 Å². The Bertz CT molecular complexity index is 711. The van der Waals surface area contributed by atoms with Crippen LogP contribution >= 0.6 is 0 Å². The number of nitrogens with one attached hydrogen (secondary N) is 1. The quantitative estimate of drug-likeness (QED) is 0.777. The van der Waals surface area contributed by atoms with Crippen LogP contribution in [-0.2, 0) is 6.61 Å². The minimum atomic E-state index is 0.568. The standard InChI is InChI=1S/C17H16N2O/c1-18-17-10-8-14-7-9-15(11-16(14)19-17)20-12-13-5-3-2-4-6-13/h2-11H,12H2,1H3,(H,18,19). The summed E-state index contributed by atoms with van der Waals surface area (Å²) in [5.74, 6) is 1.69. The summed E-state index contributed by atoms with van der Waals surface area (Å²) in [4.78, 5) is 4.52. The second-order valence-electron chi connectivity index (χ2n) is 4.58. The van der Waals surface area contributed by atoms with E-state index >= 15 is 0 Å². The lowest BCUT2D eigenvalue weighted by Crippen LogP contribution is -1.96. The van der Waals surface area contributed by atoms with Gasteiger partial charge in [0.1, 0.15) is 18.2 Å². The smallest absolute Gasteiger partial charge is 0.126 e. The van der Waals surface area contributed by atoms with Crippen molar-refractivity contribution in [2.75, 3.05) is 12.4 Å². The van der Waals surface area contributed by atoms with Crippen LogP contribution < -0.4 is 10.1 Å². The third-order valence-corrected chi connectivity index (χ3v) is 3.17. The lowest BCUT2D eigenvalue weighted by atomic mass is 10.2. The predicted molar refractivity (Wildman–Crippen MR) is 82.1 cm³/mol. The molecule has 0 spiro atoms. The summed E-state index contributed by atoms with van der Waals surface area (Å²) in [5, 5.41) is 4.15. The first-order valence-electron chi connectivity index (χ1n) is 6.60. The average Bonchev–Trinajstić information content (AvgIpc) is 2.53. The molecule has 3 rings (SSSR count). The van der Waals surface area contributed by atoms with Gasteiger partial charge >= 0.3 is 0 Å². The van der Waals surface area contributed by atoms with E-state index in [-0.39, 0.29) is 0 Å². The van der Waals surface area contributed by atoms with Crippen LogP contribution in [0, 0.1) is 0 Å². The molecule has 3 aromatic rings. The highest BCUT2D eigenvalue weighted by atomic mass is 16.5. The highest BCUT2D eigenvalue weighted by Gasteiger charge is 2.01. The van der Waals surface area contributed by atoms with E-state index in [0.29, 0.717) is 6.61 Å². The van der Waals surface area contributed by atoms with Crippen LogP contribution in [0.3, 0.4) is 0 Å². The van der Waals surface area contributed by atoms with Crippen molar-refractivity contribution in [3.63, 3.8) is 0 Å². The topological polar surface area (TPSA) is 34.1 Å². The maximum absolute atomic E-state index is 5.81. The van der Waals surface area contributed by atoms with Gasteiger partial charge in [0.2, 0.25) is 0 Å². The minimum Gasteiger partial charge on any atom is -0.489 e. The maximum Gasteiger partial charge on any atom is 0.126 e. The Balaban J connectivity index is 1.81. The summed E-state index contributed by atoms with van der Waals surface area (Å²) in [5.41, 5.74) is 2.09. The number of pyridine rings is 1. The van der Waals surface area contributed by atoms with Crippen LogP contribution in [0.1, 0.15) is 5.56 Å². The Labute approximate surface area is 118 Å². The molecule has 20 heavy (non-hydrogen) atoms. The Morgan fingerprint density at radius 3 is 2.60 bits per heavy atom. The molecule has 0 aliphatic rings. The van der Waals surface area contributed by atoms with E-state index in [1.165, 1.54) is 0 Å². The monoisotopic (exact) mass is 264 g/mol. The lowest BCUT2D eigenvalue weighted by Gasteiger charge is -2.08. The molecule has 0 aliphatic heterocycles. The number of nitrogens with zero attached hydrogens (tertiary/aromatic N) is 1. The molecule has 0 fully saturated rings. The first kappa shape index (κ1) is 12.5. The molecule has 0 saturated heterocycles. The summed E-state index contributed by atoms with van der Waals surface area (Å²) in [7, 11) is 1.87. The Morgan fingerprint density at radius 1 is 1.00 bits per heavy atom. The van der Waals surface area contributed by atoms with Gasteiger partial charge in [-0.1, -0.05) is 30.3 Å². The summed E-state index contributed by atoms with van der Waals surface area (Å²) >= 11 is 0. The molecular weight excluding hydrogens is 248 g/mol. The fraction of sp³-hybridized carbons (Fsp3) is 0.118. The molecular formula is C17H16N2O. The van der Waals surface area contributed by atoms with Crippen molar-refractivity contribution < 1.29 is 4.74 Å². The Hall–Kier alpha value is -2.55. The van der Waals surface area contributed by atoms with Gasteiger partial charge in [-0.15, -0.1) is 0 Å². The molecule has 0 saturated carbocycles. The van der Waals surface area contributed by atoms with Gasteiger partial charge in [0.05, 0.1) is 5.52 Å². The zero-order chi connectivity index (χ0) is 13.8. The van der Waals surface area contributed by atoms with Gasteiger partial charge in [-0.3, -0.25) is 0 Å². The van der Waals surface area contributed by atoms with Crippen LogP contribution in [0.5, 0.6) is 5.75 Å². The van der Waals surface area contributed by atoms with Crippen molar-refractivity contribution in [1.29, 1.82) is 0 Å². The number of rotatable bonds is 4. The molecule has 1 heterocycles. The van der Waals surface area contributed by atoms with Crippen molar-refractivity contribution in [1.82, 2.24) is 4.98 Å². The number of hydrogen-bond acceptors (Lipinski definition) is 3. The molecule has 1 N–H and O–H groups in total. The Morgan fingerprint density at radius 2 is 1.80 bits per heavy atom. The van der Waals surface area contributed by atoms with E-state index in [0.717, 1.165) is 28.0 Å². The lowest BCUT2D eigenvalue weighted by molar-refractivity contribution is 0.306. The van der Waals surface area contributed by atoms with Crippen molar-refractivity contribution in [3.05, 3.63) is 66.2 Å². The summed E-state index contributed by atoms with van der Waals surface area (Å²) < 4.78 is 5.81. The first-order valence-corrected chi connectivity index (χ1v) is 6.60. The molecule has 2 aromatic carbocycles. The van der Waals surface area contributed by atoms with Gasteiger partial charge in [0, 0.05) is 18.5 Å². The molecule has 0 unspecified atom stereocenters. The van der Waals surface area contributed by atoms with Crippen LogP contribution in [0.2, 0.25) is 0 Å². The molecule has 100 valence electrons. The van der Waals surface area contributed by atoms with Crippen LogP contribution in [0.15, 0.2) is 60.7 Å². The maximum atomic E-state index is 5.81. The molecule has 0 radical (unpaired) electrons. The summed E-state index contributed by atoms with van der Waals surface area (Å²) in [6.07, 6.45) is 0. The van der Waals surface area contributed by atoms with Gasteiger partial charge < -0.3 is 10.1 Å². The fourth-order valence-corrected chi connectivity index (χ4v) is 2.07. The first-order chi connectivity index (χ1) is 9.85. The second-order valence-corrected chi connectivity index (χ2v) is 4.58. The summed E-state index contributed by atoms with van der Waals surface area (Å²) in [6.45, 7) is 0.568. The van der Waals surface area contributed by atoms with E-state index in [4.69, 9.17) is 4.74 Å². The van der Waals surface area contributed by atoms with Crippen LogP contribution in [0.25, 0.3) is 10.9 Å². The molecule has 3 heteroatoms. The van der Waals surface area contributed by atoms with Gasteiger partial charge in [-0.05, 0) is 29.8 Å². The van der Waals surface area contributed by atoms with Crippen molar-refractivity contribution >= 4 is 16.7 Å². The molecule has 0 aliphatic carbocycles. The van der Waals surface area contributed by atoms with Gasteiger partial charge in [-0.25, -0.2) is 4.98 Å². The highest BCUT2D eigenvalue weighted by molar-refractivity contribution is 5.81. The fourth-order valence-electron chi connectivity index (χ4n) is 2.07. The van der Waals surface area contributed by atoms with Crippen LogP contribution in [-0.4, -0.2) is 12.0 Å². The third-order valence-electron chi connectivity index (χ3n) is 3.17. The zero-order valence-electron chi connectivity index (χ0n) is 11.3. The predicted octanol–water partition coefficient (Wildman–Crippen LogP) is 3.86. The van der Waals surface area contributed by atoms with Gasteiger partial charge in [-0.2, -0.15) is 0 Å². The van der Waals surface area contributed by atoms with E-state index in [1.54, 1.807) is 0 Å². The van der Waals surface area contributed by atoms with Crippen LogP contribution in [0.4, 0.5) is 5.82 Å². The number of anilines is 1. The number of hydrogen-bond donors (Lipinski definition) is 1. The number of aromatic nitrogens is 1. The second kappa shape index (κ2) is 5.61. The van der Waals surface area contributed by atoms with Crippen molar-refractivity contribution in [2.24, 2.45) is 0 Å². The molecule has 0 bridgehead atoms. The Kier molecular flexibility index (Phi) is 3.50. The third kappa shape index (κ3) is 2.72. The SMILES string of the molecule is CNc1ccc2ccc(OCc3ccccc3)cc2n1.